The van der Waals surface area contributed by atoms with E-state index in [0.717, 1.165) is 5.69 Å². The molecule has 9 heteroatoms. The fourth-order valence-corrected chi connectivity index (χ4v) is 3.73. The number of carbonyl (C=O) groups is 1. The van der Waals surface area contributed by atoms with E-state index in [0.29, 0.717) is 37.0 Å². The zero-order valence-electron chi connectivity index (χ0n) is 18.0. The van der Waals surface area contributed by atoms with E-state index < -0.39 is 11.2 Å². The second-order valence-electron chi connectivity index (χ2n) is 9.00. The van der Waals surface area contributed by atoms with Gasteiger partial charge in [-0.1, -0.05) is 18.2 Å². The highest BCUT2D eigenvalue weighted by atomic mass is 16.6. The van der Waals surface area contributed by atoms with Crippen LogP contribution in [0.25, 0.3) is 16.7 Å². The van der Waals surface area contributed by atoms with Crippen molar-refractivity contribution in [1.29, 1.82) is 0 Å². The van der Waals surface area contributed by atoms with E-state index >= 15 is 0 Å². The van der Waals surface area contributed by atoms with Crippen LogP contribution in [0.2, 0.25) is 0 Å². The zero-order chi connectivity index (χ0) is 22.2. The van der Waals surface area contributed by atoms with Gasteiger partial charge in [-0.15, -0.1) is 0 Å². The summed E-state index contributed by atoms with van der Waals surface area (Å²) < 4.78 is 8.44. The number of para-hydroxylation sites is 1. The summed E-state index contributed by atoms with van der Waals surface area (Å²) in [5, 5.41) is 15.7. The van der Waals surface area contributed by atoms with Crippen molar-refractivity contribution in [2.45, 2.75) is 51.4 Å². The van der Waals surface area contributed by atoms with Crippen LogP contribution in [0, 0.1) is 0 Å². The summed E-state index contributed by atoms with van der Waals surface area (Å²) in [6.45, 7) is 6.29. The van der Waals surface area contributed by atoms with E-state index in [1.165, 1.54) is 17.1 Å². The van der Waals surface area contributed by atoms with Crippen molar-refractivity contribution in [2.75, 3.05) is 13.1 Å². The minimum atomic E-state index is -1.10. The van der Waals surface area contributed by atoms with Crippen molar-refractivity contribution in [3.05, 3.63) is 53.2 Å². The normalized spacial score (nSPS) is 16.5. The Hall–Kier alpha value is -3.20. The number of rotatable bonds is 3. The first-order chi connectivity index (χ1) is 14.7. The molecular formula is C22H27N5O4. The third kappa shape index (κ3) is 4.46. The molecule has 0 aliphatic carbocycles. The van der Waals surface area contributed by atoms with Crippen LogP contribution in [0.3, 0.4) is 0 Å². The van der Waals surface area contributed by atoms with Crippen molar-refractivity contribution in [2.24, 2.45) is 0 Å². The largest absolute Gasteiger partial charge is 0.444 e. The predicted molar refractivity (Wildman–Crippen MR) is 115 cm³/mol. The molecule has 1 saturated heterocycles. The second-order valence-corrected chi connectivity index (χ2v) is 9.00. The lowest BCUT2D eigenvalue weighted by Crippen LogP contribution is -2.50. The number of fused-ring (bicyclic) bond motifs is 1. The third-order valence-corrected chi connectivity index (χ3v) is 5.37. The lowest BCUT2D eigenvalue weighted by molar-refractivity contribution is -0.0419. The molecule has 31 heavy (non-hydrogen) atoms. The van der Waals surface area contributed by atoms with Gasteiger partial charge in [0, 0.05) is 13.1 Å². The van der Waals surface area contributed by atoms with Gasteiger partial charge < -0.3 is 14.7 Å². The van der Waals surface area contributed by atoms with Crippen molar-refractivity contribution < 1.29 is 14.6 Å². The van der Waals surface area contributed by atoms with E-state index in [9.17, 15) is 14.7 Å². The van der Waals surface area contributed by atoms with E-state index in [4.69, 9.17) is 4.74 Å². The van der Waals surface area contributed by atoms with Crippen molar-refractivity contribution in [3.63, 3.8) is 0 Å². The first kappa shape index (κ1) is 21.0. The number of likely N-dealkylation sites (tertiary alicyclic amines) is 1. The highest BCUT2D eigenvalue weighted by molar-refractivity contribution is 5.74. The number of benzene rings is 1. The van der Waals surface area contributed by atoms with Gasteiger partial charge in [0.2, 0.25) is 0 Å². The first-order valence-corrected chi connectivity index (χ1v) is 10.3. The van der Waals surface area contributed by atoms with Crippen LogP contribution < -0.4 is 5.56 Å². The van der Waals surface area contributed by atoms with Crippen LogP contribution in [-0.2, 0) is 11.3 Å². The van der Waals surface area contributed by atoms with Gasteiger partial charge >= 0.3 is 6.09 Å². The first-order valence-electron chi connectivity index (χ1n) is 10.3. The molecule has 0 saturated carbocycles. The fraction of sp³-hybridized carbons (Fsp3) is 0.455. The Kier molecular flexibility index (Phi) is 5.30. The summed E-state index contributed by atoms with van der Waals surface area (Å²) in [4.78, 5) is 31.3. The molecule has 4 rings (SSSR count). The Morgan fingerprint density at radius 3 is 2.52 bits per heavy atom. The lowest BCUT2D eigenvalue weighted by Gasteiger charge is -2.38. The van der Waals surface area contributed by atoms with Crippen LogP contribution in [0.1, 0.15) is 33.6 Å². The maximum Gasteiger partial charge on any atom is 0.410 e. The summed E-state index contributed by atoms with van der Waals surface area (Å²) in [6.07, 6.45) is 3.26. The van der Waals surface area contributed by atoms with E-state index in [-0.39, 0.29) is 18.2 Å². The number of aliphatic hydroxyl groups is 1. The number of ether oxygens (including phenoxy) is 1. The quantitative estimate of drug-likeness (QED) is 0.691. The van der Waals surface area contributed by atoms with Crippen LogP contribution in [-0.4, -0.2) is 59.7 Å². The van der Waals surface area contributed by atoms with E-state index in [1.54, 1.807) is 9.58 Å². The van der Waals surface area contributed by atoms with Gasteiger partial charge in [-0.2, -0.15) is 5.10 Å². The summed E-state index contributed by atoms with van der Waals surface area (Å²) in [7, 11) is 0. The zero-order valence-corrected chi connectivity index (χ0v) is 18.0. The number of piperidine rings is 1. The standard InChI is InChI=1S/C22H27N5O4/c1-21(2,3)31-20(29)25-11-9-22(30,10-12-25)14-26-15-23-18-17(19(26)28)13-24-27(18)16-7-5-4-6-8-16/h4-8,13,15,30H,9-12,14H2,1-3H3. The molecule has 0 spiro atoms. The summed E-state index contributed by atoms with van der Waals surface area (Å²) >= 11 is 0. The smallest absolute Gasteiger partial charge is 0.410 e. The molecule has 1 fully saturated rings. The molecule has 2 aromatic heterocycles. The molecule has 3 heterocycles. The highest BCUT2D eigenvalue weighted by Gasteiger charge is 2.36. The molecular weight excluding hydrogens is 398 g/mol. The van der Waals surface area contributed by atoms with Gasteiger partial charge in [0.05, 0.1) is 24.0 Å². The topological polar surface area (TPSA) is 102 Å². The Morgan fingerprint density at radius 2 is 1.87 bits per heavy atom. The fourth-order valence-electron chi connectivity index (χ4n) is 3.73. The molecule has 0 unspecified atom stereocenters. The number of hydrogen-bond acceptors (Lipinski definition) is 6. The average molecular weight is 425 g/mol. The maximum absolute atomic E-state index is 13.0. The molecule has 3 aromatic rings. The predicted octanol–water partition coefficient (Wildman–Crippen LogP) is 2.34. The Bertz CT molecular complexity index is 1140. The Morgan fingerprint density at radius 1 is 1.19 bits per heavy atom. The van der Waals surface area contributed by atoms with Gasteiger partial charge in [-0.25, -0.2) is 14.5 Å². The third-order valence-electron chi connectivity index (χ3n) is 5.37. The molecule has 1 amide bonds. The summed E-state index contributed by atoms with van der Waals surface area (Å²) in [6, 6.07) is 9.47. The van der Waals surface area contributed by atoms with Crippen LogP contribution in [0.15, 0.2) is 47.7 Å². The molecule has 1 aliphatic heterocycles. The van der Waals surface area contributed by atoms with E-state index in [1.807, 2.05) is 51.1 Å². The molecule has 1 N–H and O–H groups in total. The monoisotopic (exact) mass is 425 g/mol. The van der Waals surface area contributed by atoms with Crippen molar-refractivity contribution >= 4 is 17.1 Å². The Labute approximate surface area is 179 Å². The molecule has 0 atom stereocenters. The minimum Gasteiger partial charge on any atom is -0.444 e. The van der Waals surface area contributed by atoms with E-state index in [2.05, 4.69) is 10.1 Å². The number of aromatic nitrogens is 4. The molecule has 0 radical (unpaired) electrons. The number of carbonyl (C=O) groups excluding carboxylic acids is 1. The van der Waals surface area contributed by atoms with Crippen molar-refractivity contribution in [3.8, 4) is 5.69 Å². The summed E-state index contributed by atoms with van der Waals surface area (Å²) in [5.74, 6) is 0. The number of hydrogen-bond donors (Lipinski definition) is 1. The van der Waals surface area contributed by atoms with Crippen molar-refractivity contribution in [1.82, 2.24) is 24.2 Å². The number of nitrogens with zero attached hydrogens (tertiary/aromatic N) is 5. The van der Waals surface area contributed by atoms with Gasteiger partial charge in [0.25, 0.3) is 5.56 Å². The lowest BCUT2D eigenvalue weighted by atomic mass is 9.91. The van der Waals surface area contributed by atoms with Gasteiger partial charge in [0.1, 0.15) is 17.3 Å². The minimum absolute atomic E-state index is 0.105. The molecule has 1 aliphatic rings. The second kappa shape index (κ2) is 7.81. The average Bonchev–Trinajstić information content (AvgIpc) is 3.15. The van der Waals surface area contributed by atoms with Gasteiger partial charge in [-0.05, 0) is 45.7 Å². The van der Waals surface area contributed by atoms with Gasteiger partial charge in [-0.3, -0.25) is 9.36 Å². The van der Waals surface area contributed by atoms with Crippen LogP contribution in [0.4, 0.5) is 4.79 Å². The highest BCUT2D eigenvalue weighted by Crippen LogP contribution is 2.25. The molecule has 1 aromatic carbocycles. The van der Waals surface area contributed by atoms with Crippen LogP contribution >= 0.6 is 0 Å². The molecule has 0 bridgehead atoms. The summed E-state index contributed by atoms with van der Waals surface area (Å²) in [5.41, 5.74) is -0.638. The number of amides is 1. The molecule has 164 valence electrons. The Balaban J connectivity index is 1.50. The van der Waals surface area contributed by atoms with Crippen LogP contribution in [0.5, 0.6) is 0 Å². The molecule has 9 nitrogen and oxygen atoms in total. The SMILES string of the molecule is CC(C)(C)OC(=O)N1CCC(O)(Cn2cnc3c(cnn3-c3ccccc3)c2=O)CC1. The maximum atomic E-state index is 13.0. The van der Waals surface area contributed by atoms with Gasteiger partial charge in [0.15, 0.2) is 5.65 Å².